The topological polar surface area (TPSA) is 46.5 Å². The minimum atomic E-state index is -0.547. The van der Waals surface area contributed by atoms with Gasteiger partial charge in [0.05, 0.1) is 18.8 Å². The van der Waals surface area contributed by atoms with E-state index < -0.39 is 12.1 Å². The molecule has 0 fully saturated rings. The lowest BCUT2D eigenvalue weighted by Crippen LogP contribution is -2.11. The zero-order valence-electron chi connectivity index (χ0n) is 6.28. The molecule has 1 aliphatic rings. The van der Waals surface area contributed by atoms with Gasteiger partial charge in [-0.3, -0.25) is 0 Å². The van der Waals surface area contributed by atoms with Crippen molar-refractivity contribution in [2.24, 2.45) is 0 Å². The Balaban J connectivity index is 2.71. The summed E-state index contributed by atoms with van der Waals surface area (Å²) in [5.74, 6) is -0.403. The Morgan fingerprint density at radius 1 is 1.82 bits per heavy atom. The van der Waals surface area contributed by atoms with Gasteiger partial charge in [-0.05, 0) is 12.5 Å². The summed E-state index contributed by atoms with van der Waals surface area (Å²) in [6.45, 7) is 0. The molecule has 1 N–H and O–H groups in total. The third kappa shape index (κ3) is 1.91. The van der Waals surface area contributed by atoms with Gasteiger partial charge in [0, 0.05) is 0 Å². The summed E-state index contributed by atoms with van der Waals surface area (Å²) in [6.07, 6.45) is 4.91. The van der Waals surface area contributed by atoms with E-state index in [0.717, 1.165) is 0 Å². The summed E-state index contributed by atoms with van der Waals surface area (Å²) >= 11 is 0. The molecule has 0 amide bonds. The van der Waals surface area contributed by atoms with Crippen LogP contribution in [0.4, 0.5) is 0 Å². The second kappa shape index (κ2) is 3.34. The Bertz CT molecular complexity index is 215. The first-order valence-corrected chi connectivity index (χ1v) is 3.39. The quantitative estimate of drug-likeness (QED) is 0.556. The third-order valence-corrected chi connectivity index (χ3v) is 1.47. The summed E-state index contributed by atoms with van der Waals surface area (Å²) in [4.78, 5) is 10.9. The Kier molecular flexibility index (Phi) is 2.44. The number of hydrogen-bond acceptors (Lipinski definition) is 3. The molecule has 1 aliphatic carbocycles. The Hall–Kier alpha value is -1.09. The standard InChI is InChI=1S/C8H10O3/c1-11-8(10)6-3-2-4-7(9)5-6/h2-3,5,7,9H,4H2,1H3. The van der Waals surface area contributed by atoms with Gasteiger partial charge in [-0.25, -0.2) is 4.79 Å². The predicted octanol–water partition coefficient (Wildman–Crippen LogP) is 0.407. The van der Waals surface area contributed by atoms with Crippen LogP contribution < -0.4 is 0 Å². The highest BCUT2D eigenvalue weighted by Gasteiger charge is 2.11. The molecule has 0 spiro atoms. The van der Waals surface area contributed by atoms with E-state index in [0.29, 0.717) is 12.0 Å². The molecule has 0 bridgehead atoms. The van der Waals surface area contributed by atoms with E-state index in [2.05, 4.69) is 4.74 Å². The maximum absolute atomic E-state index is 10.9. The summed E-state index contributed by atoms with van der Waals surface area (Å²) < 4.78 is 4.47. The largest absolute Gasteiger partial charge is 0.465 e. The number of ether oxygens (including phenoxy) is 1. The summed E-state index contributed by atoms with van der Waals surface area (Å²) in [5, 5.41) is 9.09. The van der Waals surface area contributed by atoms with Crippen molar-refractivity contribution in [3.05, 3.63) is 23.8 Å². The first-order chi connectivity index (χ1) is 5.24. The molecule has 0 aromatic heterocycles. The molecule has 11 heavy (non-hydrogen) atoms. The van der Waals surface area contributed by atoms with Gasteiger partial charge in [-0.1, -0.05) is 12.2 Å². The first kappa shape index (κ1) is 8.01. The highest BCUT2D eigenvalue weighted by molar-refractivity contribution is 5.91. The lowest BCUT2D eigenvalue weighted by molar-refractivity contribution is -0.135. The molecule has 60 valence electrons. The van der Waals surface area contributed by atoms with Gasteiger partial charge >= 0.3 is 5.97 Å². The average Bonchev–Trinajstić information content (AvgIpc) is 2.03. The number of aliphatic hydroxyl groups excluding tert-OH is 1. The van der Waals surface area contributed by atoms with Crippen molar-refractivity contribution in [3.63, 3.8) is 0 Å². The molecule has 0 aliphatic heterocycles. The molecule has 1 rings (SSSR count). The van der Waals surface area contributed by atoms with Crippen LogP contribution in [-0.4, -0.2) is 24.3 Å². The van der Waals surface area contributed by atoms with Crippen LogP contribution >= 0.6 is 0 Å². The van der Waals surface area contributed by atoms with Gasteiger partial charge in [0.15, 0.2) is 0 Å². The highest BCUT2D eigenvalue weighted by Crippen LogP contribution is 2.11. The summed E-state index contributed by atoms with van der Waals surface area (Å²) in [7, 11) is 1.32. The van der Waals surface area contributed by atoms with E-state index >= 15 is 0 Å². The maximum atomic E-state index is 10.9. The van der Waals surface area contributed by atoms with Crippen molar-refractivity contribution < 1.29 is 14.6 Å². The number of aliphatic hydroxyl groups is 1. The van der Waals surface area contributed by atoms with E-state index in [1.54, 1.807) is 12.2 Å². The number of carbonyl (C=O) groups excluding carboxylic acids is 1. The monoisotopic (exact) mass is 154 g/mol. The van der Waals surface area contributed by atoms with Gasteiger partial charge in [0.2, 0.25) is 0 Å². The number of carbonyl (C=O) groups is 1. The van der Waals surface area contributed by atoms with E-state index in [4.69, 9.17) is 5.11 Å². The molecule has 0 radical (unpaired) electrons. The first-order valence-electron chi connectivity index (χ1n) is 3.39. The molecule has 0 saturated carbocycles. The fourth-order valence-electron chi connectivity index (χ4n) is 0.919. The molecule has 0 saturated heterocycles. The van der Waals surface area contributed by atoms with Gasteiger partial charge < -0.3 is 9.84 Å². The SMILES string of the molecule is COC(=O)C1=CC(O)CC=C1. The summed E-state index contributed by atoms with van der Waals surface area (Å²) in [5.41, 5.74) is 0.422. The number of hydrogen-bond donors (Lipinski definition) is 1. The van der Waals surface area contributed by atoms with E-state index in [-0.39, 0.29) is 0 Å². The zero-order valence-corrected chi connectivity index (χ0v) is 6.28. The van der Waals surface area contributed by atoms with Crippen LogP contribution in [0.5, 0.6) is 0 Å². The fourth-order valence-corrected chi connectivity index (χ4v) is 0.919. The van der Waals surface area contributed by atoms with Crippen LogP contribution in [0, 0.1) is 0 Å². The van der Waals surface area contributed by atoms with Gasteiger partial charge in [-0.2, -0.15) is 0 Å². The van der Waals surface area contributed by atoms with Crippen molar-refractivity contribution >= 4 is 5.97 Å². The Labute approximate surface area is 65.0 Å². The lowest BCUT2D eigenvalue weighted by atomic mass is 10.1. The van der Waals surface area contributed by atoms with Crippen LogP contribution in [-0.2, 0) is 9.53 Å². The molecule has 3 heteroatoms. The van der Waals surface area contributed by atoms with Crippen molar-refractivity contribution in [1.82, 2.24) is 0 Å². The van der Waals surface area contributed by atoms with E-state index in [1.165, 1.54) is 13.2 Å². The highest BCUT2D eigenvalue weighted by atomic mass is 16.5. The maximum Gasteiger partial charge on any atom is 0.337 e. The number of esters is 1. The molecule has 1 atom stereocenters. The van der Waals surface area contributed by atoms with Crippen molar-refractivity contribution in [2.45, 2.75) is 12.5 Å². The van der Waals surface area contributed by atoms with Crippen molar-refractivity contribution in [2.75, 3.05) is 7.11 Å². The Morgan fingerprint density at radius 3 is 3.09 bits per heavy atom. The molecular weight excluding hydrogens is 144 g/mol. The normalized spacial score (nSPS) is 22.7. The third-order valence-electron chi connectivity index (χ3n) is 1.47. The average molecular weight is 154 g/mol. The second-order valence-electron chi connectivity index (χ2n) is 2.32. The fraction of sp³-hybridized carbons (Fsp3) is 0.375. The molecular formula is C8H10O3. The number of methoxy groups -OCH3 is 1. The minimum Gasteiger partial charge on any atom is -0.465 e. The summed E-state index contributed by atoms with van der Waals surface area (Å²) in [6, 6.07) is 0. The van der Waals surface area contributed by atoms with Crippen LogP contribution in [0.25, 0.3) is 0 Å². The lowest BCUT2D eigenvalue weighted by Gasteiger charge is -2.08. The molecule has 0 aromatic rings. The second-order valence-corrected chi connectivity index (χ2v) is 2.32. The van der Waals surface area contributed by atoms with Gasteiger partial charge in [-0.15, -0.1) is 0 Å². The molecule has 0 aromatic carbocycles. The smallest absolute Gasteiger partial charge is 0.337 e. The predicted molar refractivity (Wildman–Crippen MR) is 39.9 cm³/mol. The van der Waals surface area contributed by atoms with Crippen LogP contribution in [0.2, 0.25) is 0 Å². The van der Waals surface area contributed by atoms with Crippen LogP contribution in [0.15, 0.2) is 23.8 Å². The van der Waals surface area contributed by atoms with Crippen molar-refractivity contribution in [1.29, 1.82) is 0 Å². The molecule has 1 unspecified atom stereocenters. The van der Waals surface area contributed by atoms with E-state index in [1.807, 2.05) is 0 Å². The van der Waals surface area contributed by atoms with E-state index in [9.17, 15) is 4.79 Å². The van der Waals surface area contributed by atoms with Crippen LogP contribution in [0.1, 0.15) is 6.42 Å². The number of rotatable bonds is 1. The zero-order chi connectivity index (χ0) is 8.27. The van der Waals surface area contributed by atoms with Gasteiger partial charge in [0.1, 0.15) is 0 Å². The minimum absolute atomic E-state index is 0.403. The van der Waals surface area contributed by atoms with Gasteiger partial charge in [0.25, 0.3) is 0 Å². The van der Waals surface area contributed by atoms with Crippen LogP contribution in [0.3, 0.4) is 0 Å². The molecule has 3 nitrogen and oxygen atoms in total. The Morgan fingerprint density at radius 2 is 2.55 bits per heavy atom. The van der Waals surface area contributed by atoms with Crippen molar-refractivity contribution in [3.8, 4) is 0 Å². The molecule has 0 heterocycles.